The molecular formula is C32H35NO3. The second-order valence-electron chi connectivity index (χ2n) is 10.5. The van der Waals surface area contributed by atoms with Crippen molar-refractivity contribution in [2.24, 2.45) is 0 Å². The minimum atomic E-state index is -0.600. The lowest BCUT2D eigenvalue weighted by molar-refractivity contribution is -0.0821. The SMILES string of the molecule is Cc1ccc(C2=CC(c3c(C(C)(C)OC(C)CC(C)O)ccc4c3oc3ccccc34)NC=C2)cc1. The number of aryl methyl sites for hydroxylation is 1. The molecule has 0 spiro atoms. The summed E-state index contributed by atoms with van der Waals surface area (Å²) in [5, 5.41) is 15.7. The number of benzene rings is 3. The van der Waals surface area contributed by atoms with Crippen molar-refractivity contribution in [3.63, 3.8) is 0 Å². The molecule has 0 bridgehead atoms. The Morgan fingerprint density at radius 3 is 2.50 bits per heavy atom. The third-order valence-electron chi connectivity index (χ3n) is 6.98. The van der Waals surface area contributed by atoms with Gasteiger partial charge in [0.25, 0.3) is 0 Å². The smallest absolute Gasteiger partial charge is 0.141 e. The summed E-state index contributed by atoms with van der Waals surface area (Å²) in [6, 6.07) is 21.0. The third-order valence-corrected chi connectivity index (χ3v) is 6.98. The number of hydrogen-bond acceptors (Lipinski definition) is 4. The highest BCUT2D eigenvalue weighted by Crippen LogP contribution is 2.42. The summed E-state index contributed by atoms with van der Waals surface area (Å²) in [6.45, 7) is 10.1. The fourth-order valence-corrected chi connectivity index (χ4v) is 5.37. The van der Waals surface area contributed by atoms with Gasteiger partial charge in [0, 0.05) is 16.3 Å². The van der Waals surface area contributed by atoms with E-state index >= 15 is 0 Å². The zero-order chi connectivity index (χ0) is 25.4. The molecule has 2 N–H and O–H groups in total. The second kappa shape index (κ2) is 9.61. The Morgan fingerprint density at radius 1 is 1.00 bits per heavy atom. The van der Waals surface area contributed by atoms with E-state index in [1.54, 1.807) is 6.92 Å². The predicted molar refractivity (Wildman–Crippen MR) is 148 cm³/mol. The standard InChI is InChI=1S/C32H35NO3/c1-20-10-12-23(13-11-20)24-16-17-33-28(19-24)30-27(32(4,5)36-22(3)18-21(2)34)15-14-26-25-8-6-7-9-29(25)35-31(26)30/h6-17,19,21-22,28,33-34H,18H2,1-5H3. The van der Waals surface area contributed by atoms with E-state index in [1.165, 1.54) is 16.7 Å². The van der Waals surface area contributed by atoms with Gasteiger partial charge in [-0.05, 0) is 82.2 Å². The van der Waals surface area contributed by atoms with Crippen LogP contribution in [0.4, 0.5) is 0 Å². The summed E-state index contributed by atoms with van der Waals surface area (Å²) in [5.74, 6) is 0. The van der Waals surface area contributed by atoms with Crippen LogP contribution < -0.4 is 5.32 Å². The molecule has 4 aromatic rings. The fourth-order valence-electron chi connectivity index (χ4n) is 5.37. The number of dihydropyridines is 1. The number of aliphatic hydroxyl groups excluding tert-OH is 1. The number of para-hydroxylation sites is 1. The molecule has 4 nitrogen and oxygen atoms in total. The Balaban J connectivity index is 1.67. The maximum atomic E-state index is 9.90. The van der Waals surface area contributed by atoms with Crippen LogP contribution in [0.3, 0.4) is 0 Å². The van der Waals surface area contributed by atoms with Gasteiger partial charge in [-0.3, -0.25) is 0 Å². The molecule has 1 aromatic heterocycles. The first-order valence-corrected chi connectivity index (χ1v) is 12.7. The van der Waals surface area contributed by atoms with Crippen LogP contribution in [0.5, 0.6) is 0 Å². The van der Waals surface area contributed by atoms with Crippen molar-refractivity contribution in [1.29, 1.82) is 0 Å². The Bertz CT molecular complexity index is 1440. The summed E-state index contributed by atoms with van der Waals surface area (Å²) >= 11 is 0. The van der Waals surface area contributed by atoms with Crippen molar-refractivity contribution in [1.82, 2.24) is 5.32 Å². The highest BCUT2D eigenvalue weighted by Gasteiger charge is 2.32. The molecule has 1 aliphatic heterocycles. The van der Waals surface area contributed by atoms with E-state index in [9.17, 15) is 5.11 Å². The van der Waals surface area contributed by atoms with Gasteiger partial charge in [0.2, 0.25) is 0 Å². The molecule has 0 saturated carbocycles. The lowest BCUT2D eigenvalue weighted by Gasteiger charge is -2.34. The van der Waals surface area contributed by atoms with Gasteiger partial charge in [0.05, 0.1) is 23.9 Å². The van der Waals surface area contributed by atoms with Crippen LogP contribution in [0.2, 0.25) is 0 Å². The predicted octanol–water partition coefficient (Wildman–Crippen LogP) is 7.55. The Morgan fingerprint density at radius 2 is 1.75 bits per heavy atom. The minimum Gasteiger partial charge on any atom is -0.456 e. The van der Waals surface area contributed by atoms with Gasteiger partial charge in [-0.2, -0.15) is 0 Å². The largest absolute Gasteiger partial charge is 0.456 e. The third kappa shape index (κ3) is 4.71. The number of fused-ring (bicyclic) bond motifs is 3. The molecule has 1 aliphatic rings. The van der Waals surface area contributed by atoms with Crippen LogP contribution in [-0.4, -0.2) is 17.3 Å². The van der Waals surface area contributed by atoms with Gasteiger partial charge < -0.3 is 19.6 Å². The normalized spacial score (nSPS) is 17.7. The first kappa shape index (κ1) is 24.4. The molecule has 3 aromatic carbocycles. The van der Waals surface area contributed by atoms with E-state index < -0.39 is 11.7 Å². The van der Waals surface area contributed by atoms with Crippen molar-refractivity contribution in [2.45, 2.75) is 64.9 Å². The molecule has 3 atom stereocenters. The van der Waals surface area contributed by atoms with Crippen molar-refractivity contribution in [2.75, 3.05) is 0 Å². The summed E-state index contributed by atoms with van der Waals surface area (Å²) < 4.78 is 13.1. The number of furan rings is 1. The van der Waals surface area contributed by atoms with Gasteiger partial charge >= 0.3 is 0 Å². The van der Waals surface area contributed by atoms with Crippen LogP contribution in [0.25, 0.3) is 27.5 Å². The Labute approximate surface area is 213 Å². The summed E-state index contributed by atoms with van der Waals surface area (Å²) in [6.07, 6.45) is 6.47. The summed E-state index contributed by atoms with van der Waals surface area (Å²) in [5.41, 5.74) is 6.89. The number of nitrogens with one attached hydrogen (secondary N) is 1. The van der Waals surface area contributed by atoms with E-state index in [1.807, 2.05) is 31.3 Å². The van der Waals surface area contributed by atoms with Gasteiger partial charge in [-0.25, -0.2) is 0 Å². The number of ether oxygens (including phenoxy) is 1. The van der Waals surface area contributed by atoms with Crippen molar-refractivity contribution in [3.05, 3.63) is 101 Å². The molecule has 0 saturated heterocycles. The van der Waals surface area contributed by atoms with Gasteiger partial charge in [-0.15, -0.1) is 0 Å². The lowest BCUT2D eigenvalue weighted by Crippen LogP contribution is -2.31. The molecular weight excluding hydrogens is 446 g/mol. The van der Waals surface area contributed by atoms with Crippen LogP contribution in [-0.2, 0) is 10.3 Å². The average molecular weight is 482 g/mol. The van der Waals surface area contributed by atoms with Gasteiger partial charge in [-0.1, -0.05) is 60.2 Å². The Kier molecular flexibility index (Phi) is 6.50. The van der Waals surface area contributed by atoms with E-state index in [-0.39, 0.29) is 12.1 Å². The number of aliphatic hydroxyl groups is 1. The first-order valence-electron chi connectivity index (χ1n) is 12.7. The molecule has 36 heavy (non-hydrogen) atoms. The maximum absolute atomic E-state index is 9.90. The van der Waals surface area contributed by atoms with E-state index in [4.69, 9.17) is 9.15 Å². The van der Waals surface area contributed by atoms with Crippen molar-refractivity contribution >= 4 is 27.5 Å². The van der Waals surface area contributed by atoms with E-state index in [0.717, 1.165) is 33.1 Å². The van der Waals surface area contributed by atoms with Gasteiger partial charge in [0.15, 0.2) is 0 Å². The molecule has 0 amide bonds. The minimum absolute atomic E-state index is 0.0967. The van der Waals surface area contributed by atoms with Crippen LogP contribution in [0.1, 0.15) is 62.4 Å². The van der Waals surface area contributed by atoms with Crippen molar-refractivity contribution in [3.8, 4) is 0 Å². The molecule has 5 rings (SSSR count). The molecule has 186 valence electrons. The molecule has 0 radical (unpaired) electrons. The Hall–Kier alpha value is -3.34. The highest BCUT2D eigenvalue weighted by molar-refractivity contribution is 6.06. The molecule has 0 fully saturated rings. The first-order chi connectivity index (χ1) is 17.2. The molecule has 4 heteroatoms. The van der Waals surface area contributed by atoms with Crippen LogP contribution >= 0.6 is 0 Å². The second-order valence-corrected chi connectivity index (χ2v) is 10.5. The van der Waals surface area contributed by atoms with Crippen LogP contribution in [0, 0.1) is 6.92 Å². The zero-order valence-corrected chi connectivity index (χ0v) is 21.7. The lowest BCUT2D eigenvalue weighted by atomic mass is 9.85. The monoisotopic (exact) mass is 481 g/mol. The van der Waals surface area contributed by atoms with Gasteiger partial charge in [0.1, 0.15) is 11.2 Å². The number of allylic oxidation sites excluding steroid dienone is 2. The summed E-state index contributed by atoms with van der Waals surface area (Å²) in [4.78, 5) is 0. The number of hydrogen-bond donors (Lipinski definition) is 2. The maximum Gasteiger partial charge on any atom is 0.141 e. The van der Waals surface area contributed by atoms with Crippen LogP contribution in [0.15, 0.2) is 83.4 Å². The topological polar surface area (TPSA) is 54.6 Å². The molecule has 3 unspecified atom stereocenters. The van der Waals surface area contributed by atoms with E-state index in [2.05, 4.69) is 80.7 Å². The van der Waals surface area contributed by atoms with E-state index in [0.29, 0.717) is 6.42 Å². The average Bonchev–Trinajstić information content (AvgIpc) is 3.22. The highest BCUT2D eigenvalue weighted by atomic mass is 16.5. The number of rotatable bonds is 7. The zero-order valence-electron chi connectivity index (χ0n) is 21.7. The summed E-state index contributed by atoms with van der Waals surface area (Å²) in [7, 11) is 0. The molecule has 0 aliphatic carbocycles. The fraction of sp³-hybridized carbons (Fsp3) is 0.312. The van der Waals surface area contributed by atoms with Crippen molar-refractivity contribution < 1.29 is 14.3 Å². The molecule has 2 heterocycles. The quantitative estimate of drug-likeness (QED) is 0.286.